The fourth-order valence-corrected chi connectivity index (χ4v) is 2.96. The van der Waals surface area contributed by atoms with Gasteiger partial charge in [0.15, 0.2) is 0 Å². The normalized spacial score (nSPS) is 26.8. The molecule has 2 unspecified atom stereocenters. The molecule has 1 aromatic carbocycles. The first-order chi connectivity index (χ1) is 9.08. The summed E-state index contributed by atoms with van der Waals surface area (Å²) in [5.41, 5.74) is 2.22. The van der Waals surface area contributed by atoms with Gasteiger partial charge in [0.1, 0.15) is 0 Å². The quantitative estimate of drug-likeness (QED) is 0.905. The molecule has 0 radical (unpaired) electrons. The number of benzene rings is 1. The Balaban J connectivity index is 1.96. The maximum Gasteiger partial charge on any atom is 0.309 e. The van der Waals surface area contributed by atoms with Gasteiger partial charge in [0.2, 0.25) is 5.91 Å². The highest BCUT2D eigenvalue weighted by atomic mass is 16.4. The van der Waals surface area contributed by atoms with Gasteiger partial charge < -0.3 is 10.0 Å². The summed E-state index contributed by atoms with van der Waals surface area (Å²) in [6.07, 6.45) is 2.53. The van der Waals surface area contributed by atoms with Crippen molar-refractivity contribution in [2.24, 2.45) is 5.92 Å². The molecule has 1 aliphatic heterocycles. The third-order valence-corrected chi connectivity index (χ3v) is 4.20. The molecule has 4 nitrogen and oxygen atoms in total. The van der Waals surface area contributed by atoms with Crippen molar-refractivity contribution in [1.82, 2.24) is 4.90 Å². The van der Waals surface area contributed by atoms with Crippen LogP contribution in [0.1, 0.15) is 42.3 Å². The second-order valence-electron chi connectivity index (χ2n) is 5.54. The Bertz CT molecular complexity index is 536. The summed E-state index contributed by atoms with van der Waals surface area (Å²) >= 11 is 0. The van der Waals surface area contributed by atoms with Crippen LogP contribution in [0.4, 0.5) is 0 Å². The Hall–Kier alpha value is -1.84. The molecule has 1 saturated carbocycles. The lowest BCUT2D eigenvalue weighted by Crippen LogP contribution is -2.26. The van der Waals surface area contributed by atoms with E-state index in [0.717, 1.165) is 5.56 Å². The molecule has 2 atom stereocenters. The lowest BCUT2D eigenvalue weighted by Gasteiger charge is -2.23. The number of rotatable bonds is 3. The van der Waals surface area contributed by atoms with E-state index < -0.39 is 11.9 Å². The molecule has 1 N–H and O–H groups in total. The first-order valence-corrected chi connectivity index (χ1v) is 6.66. The lowest BCUT2D eigenvalue weighted by atomic mass is 9.92. The van der Waals surface area contributed by atoms with Gasteiger partial charge in [-0.15, -0.1) is 0 Å². The van der Waals surface area contributed by atoms with E-state index in [9.17, 15) is 14.7 Å². The van der Waals surface area contributed by atoms with Gasteiger partial charge in [-0.3, -0.25) is 9.59 Å². The first-order valence-electron chi connectivity index (χ1n) is 6.66. The van der Waals surface area contributed by atoms with Gasteiger partial charge in [-0.1, -0.05) is 24.3 Å². The molecule has 1 aromatic rings. The highest BCUT2D eigenvalue weighted by Gasteiger charge is 2.43. The highest BCUT2D eigenvalue weighted by Crippen LogP contribution is 2.43. The monoisotopic (exact) mass is 259 g/mol. The van der Waals surface area contributed by atoms with E-state index >= 15 is 0 Å². The van der Waals surface area contributed by atoms with Crippen LogP contribution in [0.15, 0.2) is 24.3 Å². The number of aliphatic carboxylic acids is 1. The van der Waals surface area contributed by atoms with E-state index in [1.54, 1.807) is 11.9 Å². The Morgan fingerprint density at radius 2 is 2.00 bits per heavy atom. The van der Waals surface area contributed by atoms with Crippen molar-refractivity contribution < 1.29 is 14.7 Å². The maximum absolute atomic E-state index is 11.8. The number of carbonyl (C=O) groups excluding carboxylic acids is 1. The van der Waals surface area contributed by atoms with Crippen LogP contribution in [-0.2, 0) is 9.59 Å². The summed E-state index contributed by atoms with van der Waals surface area (Å²) in [6.45, 7) is 0. The number of carboxylic acid groups (broad SMARTS) is 1. The van der Waals surface area contributed by atoms with Crippen molar-refractivity contribution in [2.45, 2.75) is 31.2 Å². The third kappa shape index (κ3) is 2.11. The predicted molar refractivity (Wildman–Crippen MR) is 69.7 cm³/mol. The number of carbonyl (C=O) groups is 2. The molecule has 0 aromatic heterocycles. The number of amides is 1. The van der Waals surface area contributed by atoms with Gasteiger partial charge in [0.05, 0.1) is 12.0 Å². The van der Waals surface area contributed by atoms with Gasteiger partial charge in [-0.05, 0) is 29.9 Å². The number of hydrogen-bond donors (Lipinski definition) is 1. The average Bonchev–Trinajstić information content (AvgIpc) is 3.18. The Morgan fingerprint density at radius 1 is 1.32 bits per heavy atom. The van der Waals surface area contributed by atoms with E-state index in [1.165, 1.54) is 18.4 Å². The second kappa shape index (κ2) is 4.37. The zero-order chi connectivity index (χ0) is 13.6. The largest absolute Gasteiger partial charge is 0.481 e. The van der Waals surface area contributed by atoms with Crippen LogP contribution < -0.4 is 0 Å². The van der Waals surface area contributed by atoms with Crippen molar-refractivity contribution in [3.05, 3.63) is 35.4 Å². The fraction of sp³-hybridized carbons (Fsp3) is 0.467. The number of carboxylic acids is 1. The minimum absolute atomic E-state index is 0.0887. The standard InChI is InChI=1S/C15H17NO3/c1-16-13(17)8-12(15(18)19)14(16)11-4-2-3-10(7-11)9-5-6-9/h2-4,7,9,12,14H,5-6,8H2,1H3,(H,18,19). The molecule has 1 heterocycles. The molecule has 2 aliphatic rings. The second-order valence-corrected chi connectivity index (χ2v) is 5.54. The zero-order valence-corrected chi connectivity index (χ0v) is 10.9. The summed E-state index contributed by atoms with van der Waals surface area (Å²) < 4.78 is 0. The van der Waals surface area contributed by atoms with Crippen LogP contribution in [0, 0.1) is 5.92 Å². The van der Waals surface area contributed by atoms with Crippen molar-refractivity contribution in [3.63, 3.8) is 0 Å². The van der Waals surface area contributed by atoms with E-state index in [1.807, 2.05) is 12.1 Å². The molecule has 1 amide bonds. The summed E-state index contributed by atoms with van der Waals surface area (Å²) in [7, 11) is 1.69. The Labute approximate surface area is 112 Å². The number of likely N-dealkylation sites (tertiary alicyclic amines) is 1. The van der Waals surface area contributed by atoms with Crippen LogP contribution in [0.2, 0.25) is 0 Å². The van der Waals surface area contributed by atoms with Crippen LogP contribution in [0.25, 0.3) is 0 Å². The van der Waals surface area contributed by atoms with Crippen molar-refractivity contribution >= 4 is 11.9 Å². The van der Waals surface area contributed by atoms with Gasteiger partial charge in [-0.25, -0.2) is 0 Å². The molecule has 1 aliphatic carbocycles. The third-order valence-electron chi connectivity index (χ3n) is 4.20. The lowest BCUT2D eigenvalue weighted by molar-refractivity contribution is -0.142. The number of nitrogens with zero attached hydrogens (tertiary/aromatic N) is 1. The van der Waals surface area contributed by atoms with Crippen molar-refractivity contribution in [2.75, 3.05) is 7.05 Å². The van der Waals surface area contributed by atoms with Crippen molar-refractivity contribution in [3.8, 4) is 0 Å². The smallest absolute Gasteiger partial charge is 0.309 e. The molecule has 4 heteroatoms. The molecule has 0 spiro atoms. The molecular formula is C15H17NO3. The molecular weight excluding hydrogens is 242 g/mol. The van der Waals surface area contributed by atoms with E-state index in [0.29, 0.717) is 5.92 Å². The van der Waals surface area contributed by atoms with E-state index in [4.69, 9.17) is 0 Å². The fourth-order valence-electron chi connectivity index (χ4n) is 2.96. The highest BCUT2D eigenvalue weighted by molar-refractivity contribution is 5.87. The summed E-state index contributed by atoms with van der Waals surface area (Å²) in [6, 6.07) is 7.74. The summed E-state index contributed by atoms with van der Waals surface area (Å²) in [5.74, 6) is -0.980. The van der Waals surface area contributed by atoms with Gasteiger partial charge in [0.25, 0.3) is 0 Å². The first kappa shape index (κ1) is 12.2. The minimum atomic E-state index is -0.889. The molecule has 1 saturated heterocycles. The molecule has 2 fully saturated rings. The van der Waals surface area contributed by atoms with Gasteiger partial charge in [-0.2, -0.15) is 0 Å². The minimum Gasteiger partial charge on any atom is -0.481 e. The van der Waals surface area contributed by atoms with Gasteiger partial charge in [0, 0.05) is 13.5 Å². The van der Waals surface area contributed by atoms with Crippen LogP contribution >= 0.6 is 0 Å². The maximum atomic E-state index is 11.8. The zero-order valence-electron chi connectivity index (χ0n) is 10.9. The molecule has 100 valence electrons. The molecule has 19 heavy (non-hydrogen) atoms. The summed E-state index contributed by atoms with van der Waals surface area (Å²) in [4.78, 5) is 24.7. The van der Waals surface area contributed by atoms with Crippen LogP contribution in [-0.4, -0.2) is 28.9 Å². The van der Waals surface area contributed by atoms with Crippen LogP contribution in [0.5, 0.6) is 0 Å². The average molecular weight is 259 g/mol. The number of hydrogen-bond acceptors (Lipinski definition) is 2. The Morgan fingerprint density at radius 3 is 2.63 bits per heavy atom. The topological polar surface area (TPSA) is 57.6 Å². The molecule has 0 bridgehead atoms. The predicted octanol–water partition coefficient (Wildman–Crippen LogP) is 2.17. The van der Waals surface area contributed by atoms with Crippen molar-refractivity contribution in [1.29, 1.82) is 0 Å². The van der Waals surface area contributed by atoms with Crippen LogP contribution in [0.3, 0.4) is 0 Å². The molecule has 3 rings (SSSR count). The van der Waals surface area contributed by atoms with Gasteiger partial charge >= 0.3 is 5.97 Å². The SMILES string of the molecule is CN1C(=O)CC(C(=O)O)C1c1cccc(C2CC2)c1. The van der Waals surface area contributed by atoms with E-state index in [-0.39, 0.29) is 18.4 Å². The van der Waals surface area contributed by atoms with E-state index in [2.05, 4.69) is 12.1 Å². The summed E-state index contributed by atoms with van der Waals surface area (Å²) in [5, 5.41) is 9.29. The Kier molecular flexibility index (Phi) is 2.81.